The number of nitrogens with one attached hydrogen (secondary N) is 2. The van der Waals surface area contributed by atoms with Crippen LogP contribution in [0.15, 0.2) is 29.4 Å². The zero-order valence-electron chi connectivity index (χ0n) is 18.2. The normalized spacial score (nSPS) is 13.9. The third-order valence-corrected chi connectivity index (χ3v) is 8.16. The van der Waals surface area contributed by atoms with Gasteiger partial charge in [0.1, 0.15) is 16.8 Å². The second kappa shape index (κ2) is 9.80. The molecule has 6 nitrogen and oxygen atoms in total. The third kappa shape index (κ3) is 4.84. The van der Waals surface area contributed by atoms with Crippen LogP contribution in [0.2, 0.25) is 0 Å². The zero-order valence-corrected chi connectivity index (χ0v) is 19.8. The highest BCUT2D eigenvalue weighted by atomic mass is 32.2. The highest BCUT2D eigenvalue weighted by molar-refractivity contribution is 8.00. The molecule has 0 bridgehead atoms. The number of anilines is 1. The van der Waals surface area contributed by atoms with Gasteiger partial charge in [0, 0.05) is 17.0 Å². The van der Waals surface area contributed by atoms with E-state index in [0.717, 1.165) is 48.2 Å². The molecule has 1 atom stereocenters. The molecule has 1 aliphatic carbocycles. The number of thioether (sulfide) groups is 1. The summed E-state index contributed by atoms with van der Waals surface area (Å²) in [4.78, 5) is 22.3. The molecule has 0 aliphatic heterocycles. The first-order valence-electron chi connectivity index (χ1n) is 10.8. The maximum absolute atomic E-state index is 13.0. The molecule has 8 heteroatoms. The Morgan fingerprint density at radius 3 is 2.81 bits per heavy atom. The molecule has 166 valence electrons. The van der Waals surface area contributed by atoms with Gasteiger partial charge in [-0.2, -0.15) is 5.26 Å². The fraction of sp³-hybridized carbons (Fsp3) is 0.375. The predicted octanol–water partition coefficient (Wildman–Crippen LogP) is 5.34. The molecule has 1 aliphatic rings. The van der Waals surface area contributed by atoms with Crippen LogP contribution in [0.5, 0.6) is 5.75 Å². The molecule has 0 saturated heterocycles. The molecule has 1 aromatic carbocycles. The van der Waals surface area contributed by atoms with Crippen LogP contribution >= 0.6 is 23.1 Å². The van der Waals surface area contributed by atoms with E-state index in [9.17, 15) is 15.2 Å². The minimum atomic E-state index is -0.312. The van der Waals surface area contributed by atoms with E-state index < -0.39 is 0 Å². The number of benzene rings is 1. The largest absolute Gasteiger partial charge is 0.508 e. The van der Waals surface area contributed by atoms with Gasteiger partial charge < -0.3 is 15.4 Å². The number of amides is 1. The van der Waals surface area contributed by atoms with Gasteiger partial charge in [-0.25, -0.2) is 4.98 Å². The molecule has 0 radical (unpaired) electrons. The number of aromatic nitrogens is 2. The number of rotatable bonds is 7. The van der Waals surface area contributed by atoms with Crippen molar-refractivity contribution in [3.8, 4) is 11.8 Å². The standard InChI is InChI=1S/C24H26N4O2S2/c1-3-20(22(30)28-23-18(13-25)17-6-4-5-7-21(17)31-23)32-24-26-14(2)19(27-24)12-15-8-10-16(29)11-9-15/h8-11,20,29H,3-7,12H2,1-2H3,(H,26,27)(H,28,30)/t20-/m1/s1. The number of imidazole rings is 1. The number of nitriles is 1. The Bertz CT molecular complexity index is 1160. The van der Waals surface area contributed by atoms with Gasteiger partial charge in [0.05, 0.1) is 16.5 Å². The fourth-order valence-electron chi connectivity index (χ4n) is 3.92. The summed E-state index contributed by atoms with van der Waals surface area (Å²) in [7, 11) is 0. The van der Waals surface area contributed by atoms with E-state index in [2.05, 4.69) is 16.4 Å². The number of fused-ring (bicyclic) bond motifs is 1. The van der Waals surface area contributed by atoms with Crippen LogP contribution < -0.4 is 5.32 Å². The molecule has 0 saturated carbocycles. The van der Waals surface area contributed by atoms with Crippen molar-refractivity contribution >= 4 is 34.0 Å². The van der Waals surface area contributed by atoms with E-state index in [4.69, 9.17) is 4.98 Å². The Hall–Kier alpha value is -2.76. The van der Waals surface area contributed by atoms with Crippen molar-refractivity contribution in [2.75, 3.05) is 5.32 Å². The van der Waals surface area contributed by atoms with Crippen molar-refractivity contribution in [1.29, 1.82) is 5.26 Å². The fourth-order valence-corrected chi connectivity index (χ4v) is 6.14. The lowest BCUT2D eigenvalue weighted by Crippen LogP contribution is -2.24. The first-order chi connectivity index (χ1) is 15.5. The van der Waals surface area contributed by atoms with Crippen molar-refractivity contribution < 1.29 is 9.90 Å². The summed E-state index contributed by atoms with van der Waals surface area (Å²) >= 11 is 2.97. The molecular weight excluding hydrogens is 440 g/mol. The number of thiophene rings is 1. The van der Waals surface area contributed by atoms with Crippen LogP contribution in [-0.4, -0.2) is 26.2 Å². The Kier molecular flexibility index (Phi) is 6.87. The van der Waals surface area contributed by atoms with E-state index in [1.165, 1.54) is 16.6 Å². The van der Waals surface area contributed by atoms with E-state index in [1.807, 2.05) is 26.0 Å². The molecule has 2 aromatic heterocycles. The lowest BCUT2D eigenvalue weighted by atomic mass is 9.96. The van der Waals surface area contributed by atoms with E-state index >= 15 is 0 Å². The molecule has 4 rings (SSSR count). The van der Waals surface area contributed by atoms with Gasteiger partial charge in [-0.3, -0.25) is 4.79 Å². The third-order valence-electron chi connectivity index (χ3n) is 5.71. The average Bonchev–Trinajstić information content (AvgIpc) is 3.32. The monoisotopic (exact) mass is 466 g/mol. The molecule has 0 fully saturated rings. The first-order valence-corrected chi connectivity index (χ1v) is 12.5. The predicted molar refractivity (Wildman–Crippen MR) is 128 cm³/mol. The maximum Gasteiger partial charge on any atom is 0.238 e. The molecule has 2 heterocycles. The quantitative estimate of drug-likeness (QED) is 0.408. The topological polar surface area (TPSA) is 102 Å². The number of hydrogen-bond acceptors (Lipinski definition) is 6. The number of aryl methyl sites for hydroxylation is 2. The van der Waals surface area contributed by atoms with E-state index in [0.29, 0.717) is 28.6 Å². The maximum atomic E-state index is 13.0. The van der Waals surface area contributed by atoms with Crippen LogP contribution in [0.1, 0.15) is 59.1 Å². The highest BCUT2D eigenvalue weighted by Crippen LogP contribution is 2.38. The van der Waals surface area contributed by atoms with Gasteiger partial charge >= 0.3 is 0 Å². The number of aromatic hydroxyl groups is 1. The number of carbonyl (C=O) groups excluding carboxylic acids is 1. The molecule has 3 aromatic rings. The second-order valence-corrected chi connectivity index (χ2v) is 10.3. The zero-order chi connectivity index (χ0) is 22.7. The summed E-state index contributed by atoms with van der Waals surface area (Å²) < 4.78 is 0. The van der Waals surface area contributed by atoms with Crippen molar-refractivity contribution in [2.45, 2.75) is 62.8 Å². The lowest BCUT2D eigenvalue weighted by molar-refractivity contribution is -0.115. The smallest absolute Gasteiger partial charge is 0.238 e. The number of carbonyl (C=O) groups is 1. The number of nitrogens with zero attached hydrogens (tertiary/aromatic N) is 2. The number of hydrogen-bond donors (Lipinski definition) is 3. The SMILES string of the molecule is CC[C@@H](Sc1nc(Cc2ccc(O)cc2)c(C)[nH]1)C(=O)Nc1sc2c(c1C#N)CCCC2. The van der Waals surface area contributed by atoms with E-state index in [1.54, 1.807) is 23.5 Å². The highest BCUT2D eigenvalue weighted by Gasteiger charge is 2.25. The summed E-state index contributed by atoms with van der Waals surface area (Å²) in [6.45, 7) is 3.96. The van der Waals surface area contributed by atoms with Gasteiger partial charge in [-0.15, -0.1) is 11.3 Å². The van der Waals surface area contributed by atoms with Gasteiger partial charge in [0.25, 0.3) is 0 Å². The Balaban J connectivity index is 1.46. The lowest BCUT2D eigenvalue weighted by Gasteiger charge is -2.12. The van der Waals surface area contributed by atoms with Crippen LogP contribution in [0.3, 0.4) is 0 Å². The Morgan fingerprint density at radius 1 is 1.34 bits per heavy atom. The van der Waals surface area contributed by atoms with Gasteiger partial charge in [0.2, 0.25) is 5.91 Å². The van der Waals surface area contributed by atoms with Crippen LogP contribution in [0.4, 0.5) is 5.00 Å². The summed E-state index contributed by atoms with van der Waals surface area (Å²) in [5.41, 5.74) is 4.72. The second-order valence-electron chi connectivity index (χ2n) is 7.99. The molecular formula is C24H26N4O2S2. The van der Waals surface area contributed by atoms with Crippen molar-refractivity contribution in [3.63, 3.8) is 0 Å². The molecule has 1 amide bonds. The van der Waals surface area contributed by atoms with Gasteiger partial charge in [-0.05, 0) is 62.3 Å². The van der Waals surface area contributed by atoms with Crippen molar-refractivity contribution in [1.82, 2.24) is 9.97 Å². The van der Waals surface area contributed by atoms with Crippen LogP contribution in [0.25, 0.3) is 0 Å². The number of phenolic OH excluding ortho intramolecular Hbond substituents is 1. The Morgan fingerprint density at radius 2 is 2.09 bits per heavy atom. The number of H-pyrrole nitrogens is 1. The Labute approximate surface area is 196 Å². The molecule has 3 N–H and O–H groups in total. The average molecular weight is 467 g/mol. The number of phenols is 1. The summed E-state index contributed by atoms with van der Waals surface area (Å²) in [5.74, 6) is 0.147. The molecule has 0 spiro atoms. The van der Waals surface area contributed by atoms with Gasteiger partial charge in [-0.1, -0.05) is 30.8 Å². The summed E-state index contributed by atoms with van der Waals surface area (Å²) in [6.07, 6.45) is 5.46. The minimum Gasteiger partial charge on any atom is -0.508 e. The number of aromatic amines is 1. The minimum absolute atomic E-state index is 0.0956. The summed E-state index contributed by atoms with van der Waals surface area (Å²) in [6, 6.07) is 9.41. The van der Waals surface area contributed by atoms with Crippen molar-refractivity contribution in [2.24, 2.45) is 0 Å². The van der Waals surface area contributed by atoms with E-state index in [-0.39, 0.29) is 16.9 Å². The van der Waals surface area contributed by atoms with Crippen LogP contribution in [0, 0.1) is 18.3 Å². The molecule has 32 heavy (non-hydrogen) atoms. The summed E-state index contributed by atoms with van der Waals surface area (Å²) in [5, 5.41) is 23.2. The van der Waals surface area contributed by atoms with Crippen LogP contribution in [-0.2, 0) is 24.1 Å². The van der Waals surface area contributed by atoms with Crippen molar-refractivity contribution in [3.05, 3.63) is 57.2 Å². The first kappa shape index (κ1) is 22.4. The molecule has 0 unspecified atom stereocenters. The van der Waals surface area contributed by atoms with Gasteiger partial charge in [0.15, 0.2) is 5.16 Å².